The summed E-state index contributed by atoms with van der Waals surface area (Å²) in [4.78, 5) is 34.3. The van der Waals surface area contributed by atoms with E-state index in [2.05, 4.69) is 11.7 Å². The van der Waals surface area contributed by atoms with Crippen LogP contribution in [-0.2, 0) is 19.1 Å². The van der Waals surface area contributed by atoms with Crippen molar-refractivity contribution >= 4 is 17.9 Å². The third kappa shape index (κ3) is 9.92. The minimum absolute atomic E-state index is 0.0640. The molecular weight excluding hydrogens is 376 g/mol. The average Bonchev–Trinajstić information content (AvgIpc) is 2.94. The number of ketones is 1. The van der Waals surface area contributed by atoms with Gasteiger partial charge in [0.05, 0.1) is 13.2 Å². The molecular formula is C22H36O7. The summed E-state index contributed by atoms with van der Waals surface area (Å²) in [5.74, 6) is -1.24. The van der Waals surface area contributed by atoms with Crippen molar-refractivity contribution in [2.45, 2.75) is 89.8 Å². The van der Waals surface area contributed by atoms with E-state index in [0.717, 1.165) is 38.5 Å². The number of unbranched alkanes of at least 4 members (excludes halogenated alkanes) is 5. The van der Waals surface area contributed by atoms with Gasteiger partial charge in [0.25, 0.3) is 0 Å². The van der Waals surface area contributed by atoms with Crippen molar-refractivity contribution in [3.63, 3.8) is 0 Å². The Balaban J connectivity index is 2.60. The number of Topliss-reactive ketones (excluding diaryl/α,β-unsaturated/α-hetero) is 1. The Morgan fingerprint density at radius 1 is 1.17 bits per heavy atom. The number of carbonyl (C=O) groups is 3. The van der Waals surface area contributed by atoms with Gasteiger partial charge in [-0.3, -0.25) is 9.59 Å². The van der Waals surface area contributed by atoms with Crippen molar-refractivity contribution in [1.29, 1.82) is 0 Å². The molecule has 0 bridgehead atoms. The highest BCUT2D eigenvalue weighted by Gasteiger charge is 2.39. The Hall–Kier alpha value is -1.89. The van der Waals surface area contributed by atoms with E-state index in [-0.39, 0.29) is 30.5 Å². The maximum absolute atomic E-state index is 12.3. The van der Waals surface area contributed by atoms with E-state index in [9.17, 15) is 19.5 Å². The summed E-state index contributed by atoms with van der Waals surface area (Å²) in [5, 5.41) is 19.0. The number of aliphatic carboxylic acids is 1. The van der Waals surface area contributed by atoms with Crippen molar-refractivity contribution in [1.82, 2.24) is 0 Å². The molecule has 166 valence electrons. The van der Waals surface area contributed by atoms with E-state index in [1.165, 1.54) is 7.11 Å². The number of hydrogen-bond donors (Lipinski definition) is 2. The highest BCUT2D eigenvalue weighted by atomic mass is 16.7. The summed E-state index contributed by atoms with van der Waals surface area (Å²) in [6.45, 7) is 2.10. The van der Waals surface area contributed by atoms with Crippen LogP contribution in [0, 0.1) is 11.8 Å². The van der Waals surface area contributed by atoms with Gasteiger partial charge in [0.2, 0.25) is 0 Å². The van der Waals surface area contributed by atoms with Gasteiger partial charge >= 0.3 is 12.1 Å². The molecule has 7 heteroatoms. The number of rotatable bonds is 14. The summed E-state index contributed by atoms with van der Waals surface area (Å²) in [6, 6.07) is 0. The number of carboxylic acids is 1. The molecule has 1 rings (SSSR count). The van der Waals surface area contributed by atoms with Gasteiger partial charge in [0.15, 0.2) is 0 Å². The lowest BCUT2D eigenvalue weighted by atomic mass is 9.88. The zero-order valence-corrected chi connectivity index (χ0v) is 17.7. The lowest BCUT2D eigenvalue weighted by Crippen LogP contribution is -2.21. The van der Waals surface area contributed by atoms with Crippen molar-refractivity contribution in [2.75, 3.05) is 7.11 Å². The molecule has 0 aromatic carbocycles. The fraction of sp³-hybridized carbons (Fsp3) is 0.773. The zero-order valence-electron chi connectivity index (χ0n) is 17.7. The average molecular weight is 413 g/mol. The molecule has 0 unspecified atom stereocenters. The molecule has 1 aliphatic rings. The van der Waals surface area contributed by atoms with Crippen LogP contribution in [-0.4, -0.2) is 47.4 Å². The lowest BCUT2D eigenvalue weighted by Gasteiger charge is -2.19. The number of aliphatic hydroxyl groups excluding tert-OH is 1. The molecule has 1 fully saturated rings. The fourth-order valence-corrected chi connectivity index (χ4v) is 3.80. The molecule has 4 atom stereocenters. The van der Waals surface area contributed by atoms with Gasteiger partial charge in [-0.05, 0) is 31.8 Å². The first-order valence-corrected chi connectivity index (χ1v) is 10.7. The summed E-state index contributed by atoms with van der Waals surface area (Å²) in [7, 11) is 1.26. The smallest absolute Gasteiger partial charge is 0.481 e. The second kappa shape index (κ2) is 14.1. The maximum Gasteiger partial charge on any atom is 0.508 e. The Morgan fingerprint density at radius 3 is 2.55 bits per heavy atom. The molecule has 1 aliphatic carbocycles. The van der Waals surface area contributed by atoms with Crippen LogP contribution in [0.2, 0.25) is 0 Å². The van der Waals surface area contributed by atoms with Crippen LogP contribution in [0.1, 0.15) is 77.6 Å². The van der Waals surface area contributed by atoms with Crippen LogP contribution in [0.5, 0.6) is 0 Å². The Morgan fingerprint density at radius 2 is 1.90 bits per heavy atom. The third-order valence-corrected chi connectivity index (χ3v) is 5.44. The lowest BCUT2D eigenvalue weighted by molar-refractivity contribution is -0.137. The van der Waals surface area contributed by atoms with E-state index in [4.69, 9.17) is 9.84 Å². The summed E-state index contributed by atoms with van der Waals surface area (Å²) in [5.41, 5.74) is 0. The largest absolute Gasteiger partial charge is 0.508 e. The number of carboxylic acid groups (broad SMARTS) is 1. The van der Waals surface area contributed by atoms with Crippen LogP contribution >= 0.6 is 0 Å². The molecule has 1 saturated carbocycles. The number of hydrogen-bond acceptors (Lipinski definition) is 6. The summed E-state index contributed by atoms with van der Waals surface area (Å²) < 4.78 is 9.87. The van der Waals surface area contributed by atoms with E-state index in [1.807, 2.05) is 6.08 Å². The molecule has 29 heavy (non-hydrogen) atoms. The SMILES string of the molecule is CCCCC[C@@H](/C=C/[C@H]1[C@H](O)CC(=O)[C@@H]1CCCCCCC(=O)O)OC(=O)OC. The topological polar surface area (TPSA) is 110 Å². The second-order valence-corrected chi connectivity index (χ2v) is 7.76. The Bertz CT molecular complexity index is 543. The number of ether oxygens (including phenoxy) is 2. The maximum atomic E-state index is 12.3. The molecule has 0 heterocycles. The van der Waals surface area contributed by atoms with Gasteiger partial charge in [-0.2, -0.15) is 0 Å². The quantitative estimate of drug-likeness (QED) is 0.249. The van der Waals surface area contributed by atoms with E-state index >= 15 is 0 Å². The first-order valence-electron chi connectivity index (χ1n) is 10.7. The number of carbonyl (C=O) groups excluding carboxylic acids is 2. The molecule has 7 nitrogen and oxygen atoms in total. The van der Waals surface area contributed by atoms with Gasteiger partial charge in [0.1, 0.15) is 11.9 Å². The summed E-state index contributed by atoms with van der Waals surface area (Å²) >= 11 is 0. The molecule has 0 aromatic heterocycles. The number of methoxy groups -OCH3 is 1. The first kappa shape index (κ1) is 25.1. The Labute approximate surface area is 173 Å². The first-order chi connectivity index (χ1) is 13.9. The molecule has 0 amide bonds. The highest BCUT2D eigenvalue weighted by Crippen LogP contribution is 2.34. The minimum Gasteiger partial charge on any atom is -0.481 e. The minimum atomic E-state index is -0.785. The van der Waals surface area contributed by atoms with Crippen LogP contribution in [0.4, 0.5) is 4.79 Å². The predicted molar refractivity (Wildman–Crippen MR) is 109 cm³/mol. The van der Waals surface area contributed by atoms with Crippen LogP contribution in [0.25, 0.3) is 0 Å². The van der Waals surface area contributed by atoms with Gasteiger partial charge in [-0.25, -0.2) is 4.79 Å². The van der Waals surface area contributed by atoms with Gasteiger partial charge < -0.3 is 19.7 Å². The van der Waals surface area contributed by atoms with E-state index < -0.39 is 24.3 Å². The van der Waals surface area contributed by atoms with Crippen LogP contribution in [0.3, 0.4) is 0 Å². The third-order valence-electron chi connectivity index (χ3n) is 5.44. The van der Waals surface area contributed by atoms with E-state index in [0.29, 0.717) is 19.3 Å². The monoisotopic (exact) mass is 412 g/mol. The normalized spacial score (nSPS) is 22.7. The van der Waals surface area contributed by atoms with E-state index in [1.54, 1.807) is 6.08 Å². The van der Waals surface area contributed by atoms with Crippen molar-refractivity contribution in [3.05, 3.63) is 12.2 Å². The molecule has 0 saturated heterocycles. The highest BCUT2D eigenvalue weighted by molar-refractivity contribution is 5.84. The predicted octanol–water partition coefficient (Wildman–Crippen LogP) is 4.27. The van der Waals surface area contributed by atoms with Gasteiger partial charge in [-0.15, -0.1) is 0 Å². The van der Waals surface area contributed by atoms with Crippen molar-refractivity contribution < 1.29 is 34.1 Å². The van der Waals surface area contributed by atoms with Crippen LogP contribution in [0.15, 0.2) is 12.2 Å². The van der Waals surface area contributed by atoms with Crippen molar-refractivity contribution in [3.8, 4) is 0 Å². The van der Waals surface area contributed by atoms with Gasteiger partial charge in [0, 0.05) is 24.7 Å². The molecule has 0 spiro atoms. The number of aliphatic hydroxyl groups is 1. The molecule has 0 aliphatic heterocycles. The second-order valence-electron chi connectivity index (χ2n) is 7.76. The standard InChI is InChI=1S/C22H36O7/c1-3-4-7-10-16(29-22(27)28-2)13-14-18-17(19(23)15-20(18)24)11-8-5-6-9-12-21(25)26/h13-14,16-18,20,24H,3-12,15H2,1-2H3,(H,25,26)/b14-13+/t16-,17+,18+,20+/m0/s1. The molecule has 2 N–H and O–H groups in total. The van der Waals surface area contributed by atoms with Gasteiger partial charge in [-0.1, -0.05) is 45.1 Å². The molecule has 0 radical (unpaired) electrons. The molecule has 0 aromatic rings. The Kier molecular flexibility index (Phi) is 12.3. The fourth-order valence-electron chi connectivity index (χ4n) is 3.80. The summed E-state index contributed by atoms with van der Waals surface area (Å²) in [6.07, 6.45) is 9.54. The van der Waals surface area contributed by atoms with Crippen molar-refractivity contribution in [2.24, 2.45) is 11.8 Å². The zero-order chi connectivity index (χ0) is 21.6. The van der Waals surface area contributed by atoms with Crippen LogP contribution < -0.4 is 0 Å².